The molecular weight excluding hydrogens is 180 g/mol. The van der Waals surface area contributed by atoms with Gasteiger partial charge >= 0.3 is 0 Å². The Morgan fingerprint density at radius 3 is 2.15 bits per heavy atom. The zero-order valence-corrected chi connectivity index (χ0v) is 8.68. The molecule has 0 heterocycles. The van der Waals surface area contributed by atoms with Crippen LogP contribution >= 0.6 is 11.6 Å². The zero-order valence-electron chi connectivity index (χ0n) is 7.92. The van der Waals surface area contributed by atoms with E-state index >= 15 is 0 Å². The second kappa shape index (κ2) is 4.88. The maximum atomic E-state index is 6.06. The molecule has 0 nitrogen and oxygen atoms in total. The minimum absolute atomic E-state index is 0.800. The van der Waals surface area contributed by atoms with Crippen molar-refractivity contribution in [1.82, 2.24) is 0 Å². The molecule has 0 fully saturated rings. The van der Waals surface area contributed by atoms with E-state index in [0.717, 1.165) is 16.2 Å². The first-order valence-corrected chi connectivity index (χ1v) is 4.71. The Balaban J connectivity index is 3.07. The van der Waals surface area contributed by atoms with Crippen LogP contribution in [0.1, 0.15) is 19.4 Å². The highest BCUT2D eigenvalue weighted by Gasteiger charge is 2.01. The summed E-state index contributed by atoms with van der Waals surface area (Å²) < 4.78 is 0. The van der Waals surface area contributed by atoms with Crippen LogP contribution in [0.4, 0.5) is 0 Å². The van der Waals surface area contributed by atoms with Crippen LogP contribution in [-0.4, -0.2) is 0 Å². The first kappa shape index (κ1) is 10.1. The van der Waals surface area contributed by atoms with Gasteiger partial charge in [-0.1, -0.05) is 54.1 Å². The third-order valence-electron chi connectivity index (χ3n) is 1.88. The van der Waals surface area contributed by atoms with Gasteiger partial charge in [-0.15, -0.1) is 0 Å². The van der Waals surface area contributed by atoms with Crippen molar-refractivity contribution in [3.8, 4) is 0 Å². The van der Waals surface area contributed by atoms with E-state index < -0.39 is 0 Å². The quantitative estimate of drug-likeness (QED) is 0.616. The highest BCUT2D eigenvalue weighted by atomic mass is 35.5. The molecule has 0 aromatic heterocycles. The number of halogens is 1. The fourth-order valence-corrected chi connectivity index (χ4v) is 1.43. The van der Waals surface area contributed by atoms with Crippen molar-refractivity contribution in [3.05, 3.63) is 53.1 Å². The average molecular weight is 193 g/mol. The lowest BCUT2D eigenvalue weighted by Crippen LogP contribution is -1.82. The van der Waals surface area contributed by atoms with Gasteiger partial charge in [0.15, 0.2) is 0 Å². The van der Waals surface area contributed by atoms with Crippen molar-refractivity contribution >= 4 is 17.2 Å². The highest BCUT2D eigenvalue weighted by Crippen LogP contribution is 2.25. The Kier molecular flexibility index (Phi) is 3.78. The number of hydrogen-bond acceptors (Lipinski definition) is 0. The van der Waals surface area contributed by atoms with Gasteiger partial charge in [0.2, 0.25) is 0 Å². The summed E-state index contributed by atoms with van der Waals surface area (Å²) in [6.07, 6.45) is 3.93. The molecule has 68 valence electrons. The molecule has 0 radical (unpaired) electrons. The third-order valence-corrected chi connectivity index (χ3v) is 2.31. The molecule has 0 unspecified atom stereocenters. The fourth-order valence-electron chi connectivity index (χ4n) is 1.22. The van der Waals surface area contributed by atoms with Gasteiger partial charge in [-0.05, 0) is 25.0 Å². The SMILES string of the molecule is C/C=C(\C(Cl)=C/C)c1ccccc1. The molecule has 0 bridgehead atoms. The van der Waals surface area contributed by atoms with Gasteiger partial charge in [0.25, 0.3) is 0 Å². The number of benzene rings is 1. The van der Waals surface area contributed by atoms with E-state index in [-0.39, 0.29) is 0 Å². The van der Waals surface area contributed by atoms with Crippen molar-refractivity contribution in [2.24, 2.45) is 0 Å². The smallest absolute Gasteiger partial charge is 0.0438 e. The molecule has 0 amide bonds. The van der Waals surface area contributed by atoms with Gasteiger partial charge < -0.3 is 0 Å². The molecule has 0 spiro atoms. The number of allylic oxidation sites excluding steroid dienone is 4. The van der Waals surface area contributed by atoms with Gasteiger partial charge in [0.05, 0.1) is 0 Å². The van der Waals surface area contributed by atoms with Gasteiger partial charge in [-0.2, -0.15) is 0 Å². The Morgan fingerprint density at radius 1 is 1.08 bits per heavy atom. The monoisotopic (exact) mass is 192 g/mol. The number of hydrogen-bond donors (Lipinski definition) is 0. The van der Waals surface area contributed by atoms with Crippen LogP contribution in [0.25, 0.3) is 5.57 Å². The molecule has 1 aromatic carbocycles. The molecule has 0 aliphatic rings. The Morgan fingerprint density at radius 2 is 1.69 bits per heavy atom. The van der Waals surface area contributed by atoms with Crippen molar-refractivity contribution < 1.29 is 0 Å². The summed E-state index contributed by atoms with van der Waals surface area (Å²) in [7, 11) is 0. The normalized spacial score (nSPS) is 13.2. The van der Waals surface area contributed by atoms with Crippen molar-refractivity contribution in [3.63, 3.8) is 0 Å². The highest BCUT2D eigenvalue weighted by molar-refractivity contribution is 6.36. The summed E-state index contributed by atoms with van der Waals surface area (Å²) in [4.78, 5) is 0. The fraction of sp³-hybridized carbons (Fsp3) is 0.167. The predicted octanol–water partition coefficient (Wildman–Crippen LogP) is 4.23. The van der Waals surface area contributed by atoms with Gasteiger partial charge in [0.1, 0.15) is 0 Å². The second-order valence-electron chi connectivity index (χ2n) is 2.70. The molecule has 0 saturated heterocycles. The Bertz CT molecular complexity index is 320. The summed E-state index contributed by atoms with van der Waals surface area (Å²) in [5.74, 6) is 0. The predicted molar refractivity (Wildman–Crippen MR) is 59.7 cm³/mol. The zero-order chi connectivity index (χ0) is 9.68. The van der Waals surface area contributed by atoms with Crippen LogP contribution < -0.4 is 0 Å². The third kappa shape index (κ3) is 2.46. The van der Waals surface area contributed by atoms with E-state index in [2.05, 4.69) is 12.1 Å². The largest absolute Gasteiger partial charge is 0.0840 e. The topological polar surface area (TPSA) is 0 Å². The van der Waals surface area contributed by atoms with E-state index in [1.165, 1.54) is 0 Å². The van der Waals surface area contributed by atoms with E-state index in [1.54, 1.807) is 0 Å². The maximum Gasteiger partial charge on any atom is 0.0438 e. The van der Waals surface area contributed by atoms with Crippen LogP contribution in [-0.2, 0) is 0 Å². The van der Waals surface area contributed by atoms with Crippen LogP contribution in [0.2, 0.25) is 0 Å². The lowest BCUT2D eigenvalue weighted by atomic mass is 10.1. The minimum atomic E-state index is 0.800. The van der Waals surface area contributed by atoms with Crippen molar-refractivity contribution in [2.75, 3.05) is 0 Å². The lowest BCUT2D eigenvalue weighted by Gasteiger charge is -2.04. The lowest BCUT2D eigenvalue weighted by molar-refractivity contribution is 1.57. The summed E-state index contributed by atoms with van der Waals surface area (Å²) in [6, 6.07) is 10.1. The number of rotatable bonds is 2. The molecule has 1 heteroatoms. The summed E-state index contributed by atoms with van der Waals surface area (Å²) in [5, 5.41) is 0.800. The maximum absolute atomic E-state index is 6.06. The molecular formula is C12H13Cl. The minimum Gasteiger partial charge on any atom is -0.0840 e. The van der Waals surface area contributed by atoms with Crippen LogP contribution in [0.5, 0.6) is 0 Å². The standard InChI is InChI=1S/C12H13Cl/c1-3-11(12(13)4-2)10-8-6-5-7-9-10/h3-9H,1-2H3/b11-3-,12-4+. The summed E-state index contributed by atoms with van der Waals surface area (Å²) >= 11 is 6.06. The van der Waals surface area contributed by atoms with E-state index in [1.807, 2.05) is 44.2 Å². The molecule has 1 aromatic rings. The van der Waals surface area contributed by atoms with Crippen LogP contribution in [0, 0.1) is 0 Å². The Labute approximate surface area is 84.5 Å². The summed E-state index contributed by atoms with van der Waals surface area (Å²) in [6.45, 7) is 3.93. The van der Waals surface area contributed by atoms with Crippen LogP contribution in [0.15, 0.2) is 47.5 Å². The molecule has 1 rings (SSSR count). The molecule has 0 aliphatic heterocycles. The Hall–Kier alpha value is -1.01. The molecule has 0 saturated carbocycles. The molecule has 0 atom stereocenters. The average Bonchev–Trinajstić information content (AvgIpc) is 2.20. The van der Waals surface area contributed by atoms with E-state index in [4.69, 9.17) is 11.6 Å². The molecule has 0 aliphatic carbocycles. The first-order valence-electron chi connectivity index (χ1n) is 4.33. The summed E-state index contributed by atoms with van der Waals surface area (Å²) in [5.41, 5.74) is 2.25. The van der Waals surface area contributed by atoms with Crippen LogP contribution in [0.3, 0.4) is 0 Å². The molecule has 0 N–H and O–H groups in total. The molecule has 13 heavy (non-hydrogen) atoms. The van der Waals surface area contributed by atoms with Gasteiger partial charge in [0, 0.05) is 5.03 Å². The van der Waals surface area contributed by atoms with Gasteiger partial charge in [-0.3, -0.25) is 0 Å². The van der Waals surface area contributed by atoms with E-state index in [0.29, 0.717) is 0 Å². The first-order chi connectivity index (χ1) is 6.29. The van der Waals surface area contributed by atoms with E-state index in [9.17, 15) is 0 Å². The van der Waals surface area contributed by atoms with Gasteiger partial charge in [-0.25, -0.2) is 0 Å². The van der Waals surface area contributed by atoms with Crippen molar-refractivity contribution in [1.29, 1.82) is 0 Å². The van der Waals surface area contributed by atoms with Crippen molar-refractivity contribution in [2.45, 2.75) is 13.8 Å². The second-order valence-corrected chi connectivity index (χ2v) is 3.11.